The summed E-state index contributed by atoms with van der Waals surface area (Å²) in [5.41, 5.74) is 6.71. The number of aromatic nitrogens is 1. The maximum Gasteiger partial charge on any atom is 0.257 e. The van der Waals surface area contributed by atoms with Gasteiger partial charge in [0, 0.05) is 16.2 Å². The van der Waals surface area contributed by atoms with E-state index in [-0.39, 0.29) is 5.41 Å². The van der Waals surface area contributed by atoms with E-state index in [4.69, 9.17) is 4.74 Å². The topological polar surface area (TPSA) is 13.1 Å². The second kappa shape index (κ2) is 6.06. The third kappa shape index (κ3) is 2.81. The van der Waals surface area contributed by atoms with Crippen LogP contribution in [0.15, 0.2) is 48.7 Å². The number of ether oxygens (including phenoxy) is 1. The first kappa shape index (κ1) is 18.2. The molecule has 0 saturated heterocycles. The van der Waals surface area contributed by atoms with E-state index in [0.29, 0.717) is 0 Å². The van der Waals surface area contributed by atoms with Crippen molar-refractivity contribution < 1.29 is 9.30 Å². The first-order valence-electron chi connectivity index (χ1n) is 10.4. The van der Waals surface area contributed by atoms with E-state index in [9.17, 15) is 0 Å². The Morgan fingerprint density at radius 2 is 1.72 bits per heavy atom. The van der Waals surface area contributed by atoms with Crippen LogP contribution in [-0.2, 0) is 13.5 Å². The number of benzene rings is 3. The molecule has 146 valence electrons. The van der Waals surface area contributed by atoms with Crippen LogP contribution in [0.1, 0.15) is 37.5 Å². The van der Waals surface area contributed by atoms with E-state index in [1.165, 1.54) is 49.5 Å². The Morgan fingerprint density at radius 3 is 2.48 bits per heavy atom. The Bertz CT molecular complexity index is 1310. The number of fused-ring (bicyclic) bond motifs is 4. The highest BCUT2D eigenvalue weighted by atomic mass is 16.5. The third-order valence-corrected chi connectivity index (χ3v) is 6.07. The molecule has 0 unspecified atom stereocenters. The van der Waals surface area contributed by atoms with Crippen LogP contribution in [0.4, 0.5) is 0 Å². The molecule has 2 nitrogen and oxygen atoms in total. The fourth-order valence-corrected chi connectivity index (χ4v) is 4.78. The molecule has 5 rings (SSSR count). The predicted molar refractivity (Wildman–Crippen MR) is 121 cm³/mol. The smallest absolute Gasteiger partial charge is 0.257 e. The normalized spacial score (nSPS) is 12.9. The fourth-order valence-electron chi connectivity index (χ4n) is 4.78. The van der Waals surface area contributed by atoms with E-state index in [1.54, 1.807) is 0 Å². The van der Waals surface area contributed by atoms with Gasteiger partial charge in [0.25, 0.3) is 5.69 Å². The standard InChI is InChI=1S/C27H28NO/c1-16-11-20-12-18(14-27(3,4)5)13-22-24(20)23(17(16)2)25-26(29-22)21-10-8-7-9-19(21)15-28(25)6/h7-13,15H,14H2,1-6H3/q+1. The van der Waals surface area contributed by atoms with E-state index < -0.39 is 0 Å². The summed E-state index contributed by atoms with van der Waals surface area (Å²) in [7, 11) is 2.13. The molecule has 0 spiro atoms. The first-order chi connectivity index (χ1) is 13.7. The Balaban J connectivity index is 1.91. The van der Waals surface area contributed by atoms with E-state index >= 15 is 0 Å². The minimum Gasteiger partial charge on any atom is -0.449 e. The summed E-state index contributed by atoms with van der Waals surface area (Å²) in [4.78, 5) is 0. The van der Waals surface area contributed by atoms with E-state index in [0.717, 1.165) is 17.9 Å². The summed E-state index contributed by atoms with van der Waals surface area (Å²) >= 11 is 0. The van der Waals surface area contributed by atoms with Crippen LogP contribution in [0.25, 0.3) is 32.8 Å². The van der Waals surface area contributed by atoms with Gasteiger partial charge in [-0.15, -0.1) is 0 Å². The number of hydrogen-bond acceptors (Lipinski definition) is 1. The molecule has 0 bridgehead atoms. The third-order valence-electron chi connectivity index (χ3n) is 6.07. The Labute approximate surface area is 172 Å². The quantitative estimate of drug-likeness (QED) is 0.291. The molecule has 0 saturated carbocycles. The second-order valence-electron chi connectivity index (χ2n) is 9.73. The molecule has 2 heteroatoms. The number of aryl methyl sites for hydroxylation is 2. The molecule has 0 aliphatic carbocycles. The van der Waals surface area contributed by atoms with Gasteiger partial charge in [-0.2, -0.15) is 4.57 Å². The summed E-state index contributed by atoms with van der Waals surface area (Å²) in [5.74, 6) is 1.96. The average molecular weight is 383 g/mol. The summed E-state index contributed by atoms with van der Waals surface area (Å²) in [6, 6.07) is 15.4. The van der Waals surface area contributed by atoms with Gasteiger partial charge in [0.15, 0.2) is 6.20 Å². The van der Waals surface area contributed by atoms with Crippen LogP contribution in [-0.4, -0.2) is 0 Å². The molecule has 2 heterocycles. The maximum absolute atomic E-state index is 6.67. The highest BCUT2D eigenvalue weighted by Gasteiger charge is 2.32. The van der Waals surface area contributed by atoms with Crippen molar-refractivity contribution >= 4 is 21.5 Å². The van der Waals surface area contributed by atoms with Crippen LogP contribution in [0.2, 0.25) is 0 Å². The number of pyridine rings is 1. The molecule has 4 aromatic rings. The molecule has 1 aliphatic heterocycles. The zero-order valence-electron chi connectivity index (χ0n) is 18.2. The lowest BCUT2D eigenvalue weighted by Gasteiger charge is -2.25. The van der Waals surface area contributed by atoms with Crippen molar-refractivity contribution in [3.05, 3.63) is 65.4 Å². The van der Waals surface area contributed by atoms with Gasteiger partial charge in [0.05, 0.1) is 5.56 Å². The Morgan fingerprint density at radius 1 is 0.966 bits per heavy atom. The molecule has 0 atom stereocenters. The minimum atomic E-state index is 0.231. The van der Waals surface area contributed by atoms with Crippen molar-refractivity contribution in [2.45, 2.75) is 41.0 Å². The van der Waals surface area contributed by atoms with Gasteiger partial charge in [0.2, 0.25) is 5.75 Å². The minimum absolute atomic E-state index is 0.231. The van der Waals surface area contributed by atoms with Crippen molar-refractivity contribution in [2.24, 2.45) is 12.5 Å². The number of hydrogen-bond donors (Lipinski definition) is 0. The van der Waals surface area contributed by atoms with Crippen molar-refractivity contribution in [2.75, 3.05) is 0 Å². The predicted octanol–water partition coefficient (Wildman–Crippen LogP) is 6.80. The van der Waals surface area contributed by atoms with Gasteiger partial charge in [-0.3, -0.25) is 0 Å². The lowest BCUT2D eigenvalue weighted by molar-refractivity contribution is -0.659. The Hall–Kier alpha value is -2.87. The molecule has 1 aliphatic rings. The highest BCUT2D eigenvalue weighted by Crippen LogP contribution is 2.50. The Kier molecular flexibility index (Phi) is 3.80. The van der Waals surface area contributed by atoms with Gasteiger partial charge in [-0.05, 0) is 59.9 Å². The lowest BCUT2D eigenvalue weighted by Crippen LogP contribution is -2.32. The highest BCUT2D eigenvalue weighted by molar-refractivity contribution is 6.07. The van der Waals surface area contributed by atoms with E-state index in [1.807, 2.05) is 0 Å². The molecular formula is C27H28NO+. The summed E-state index contributed by atoms with van der Waals surface area (Å²) < 4.78 is 8.90. The average Bonchev–Trinajstić information content (AvgIpc) is 2.63. The van der Waals surface area contributed by atoms with Crippen LogP contribution in [0.5, 0.6) is 11.5 Å². The van der Waals surface area contributed by atoms with Crippen LogP contribution in [0.3, 0.4) is 0 Å². The lowest BCUT2D eigenvalue weighted by atomic mass is 9.85. The summed E-state index contributed by atoms with van der Waals surface area (Å²) in [6.45, 7) is 11.3. The van der Waals surface area contributed by atoms with Gasteiger partial charge >= 0.3 is 0 Å². The van der Waals surface area contributed by atoms with Gasteiger partial charge < -0.3 is 4.74 Å². The summed E-state index contributed by atoms with van der Waals surface area (Å²) in [6.07, 6.45) is 3.24. The van der Waals surface area contributed by atoms with Crippen LogP contribution in [0, 0.1) is 19.3 Å². The monoisotopic (exact) mass is 382 g/mol. The number of nitrogens with zero attached hydrogens (tertiary/aromatic N) is 1. The molecule has 29 heavy (non-hydrogen) atoms. The van der Waals surface area contributed by atoms with E-state index in [2.05, 4.69) is 94.9 Å². The van der Waals surface area contributed by atoms with Gasteiger partial charge in [0.1, 0.15) is 12.8 Å². The van der Waals surface area contributed by atoms with Crippen molar-refractivity contribution in [3.8, 4) is 22.8 Å². The zero-order chi connectivity index (χ0) is 20.5. The first-order valence-corrected chi connectivity index (χ1v) is 10.4. The van der Waals surface area contributed by atoms with Crippen LogP contribution >= 0.6 is 0 Å². The molecule has 0 amide bonds. The van der Waals surface area contributed by atoms with Crippen molar-refractivity contribution in [3.63, 3.8) is 0 Å². The molecule has 3 aromatic carbocycles. The molecule has 0 N–H and O–H groups in total. The molecule has 1 aromatic heterocycles. The summed E-state index contributed by atoms with van der Waals surface area (Å²) in [5, 5.41) is 4.88. The maximum atomic E-state index is 6.67. The molecular weight excluding hydrogens is 354 g/mol. The molecule has 0 radical (unpaired) electrons. The SMILES string of the molecule is Cc1cc2cc(CC(C)(C)C)cc3c2c(c1C)-c1c(c2ccccc2c[n+]1C)O3. The zero-order valence-corrected chi connectivity index (χ0v) is 18.2. The van der Waals surface area contributed by atoms with Gasteiger partial charge in [-0.1, -0.05) is 51.1 Å². The largest absolute Gasteiger partial charge is 0.449 e. The van der Waals surface area contributed by atoms with Crippen molar-refractivity contribution in [1.29, 1.82) is 0 Å². The van der Waals surface area contributed by atoms with Crippen LogP contribution < -0.4 is 9.30 Å². The second-order valence-corrected chi connectivity index (χ2v) is 9.73. The van der Waals surface area contributed by atoms with Gasteiger partial charge in [-0.25, -0.2) is 0 Å². The fraction of sp³-hybridized carbons (Fsp3) is 0.296. The molecule has 0 fully saturated rings. The van der Waals surface area contributed by atoms with Crippen molar-refractivity contribution in [1.82, 2.24) is 0 Å². The number of rotatable bonds is 1.